The van der Waals surface area contributed by atoms with Crippen molar-refractivity contribution in [3.63, 3.8) is 0 Å². The van der Waals surface area contributed by atoms with Crippen LogP contribution in [-0.4, -0.2) is 96.0 Å². The molecule has 524 valence electrons. The van der Waals surface area contributed by atoms with Gasteiger partial charge in [0.15, 0.2) is 0 Å². The van der Waals surface area contributed by atoms with Crippen LogP contribution in [0.2, 0.25) is 10.0 Å². The largest absolute Gasteiger partial charge is 0.508 e. The Morgan fingerprint density at radius 3 is 1.77 bits per heavy atom. The van der Waals surface area contributed by atoms with Gasteiger partial charge in [-0.1, -0.05) is 138 Å². The smallest absolute Gasteiger partial charge is 0.308 e. The predicted molar refractivity (Wildman–Crippen MR) is 407 cm³/mol. The highest BCUT2D eigenvalue weighted by Gasteiger charge is 2.38. The van der Waals surface area contributed by atoms with Gasteiger partial charge in [-0.2, -0.15) is 0 Å². The summed E-state index contributed by atoms with van der Waals surface area (Å²) in [5.41, 5.74) is 18.6. The van der Waals surface area contributed by atoms with Crippen molar-refractivity contribution in [1.29, 1.82) is 0 Å². The Labute approximate surface area is 611 Å². The molecule has 0 bridgehead atoms. The Hall–Kier alpha value is -11.6. The summed E-state index contributed by atoms with van der Waals surface area (Å²) in [4.78, 5) is 61.3. The number of primary amides is 1. The third-order valence-electron chi connectivity index (χ3n) is 19.7. The Kier molecular flexibility index (Phi) is 18.9. The van der Waals surface area contributed by atoms with Crippen molar-refractivity contribution >= 4 is 46.9 Å². The SMILES string of the molecule is CNC(=O)c1ccc(-c2c(-c3cccc(-c4ccc(C(N)=O)c(O)c4-c4cccc(-c5ccc(C)nc5-c5ccc(-c6cccc(OC(C)=O)c6-c6ccc(-c7cccc(O)c7)c(OC)c6C6CC6)c(OC)c5C5CC5)c4OCC4CC4)c3Cl)cc(-c3ccccc3Cl)c(O)c2C(=O)N(C)C)cc1O. The maximum Gasteiger partial charge on any atom is 0.308 e. The average Bonchev–Trinajstić information content (AvgIpc) is 1.19. The molecule has 10 aromatic carbocycles. The molecule has 11 aromatic rings. The number of aryl methyl sites for hydroxylation is 1. The molecule has 3 aliphatic rings. The Morgan fingerprint density at radius 1 is 0.538 bits per heavy atom. The predicted octanol–water partition coefficient (Wildman–Crippen LogP) is 18.8. The van der Waals surface area contributed by atoms with Crippen LogP contribution in [0, 0.1) is 12.8 Å². The van der Waals surface area contributed by atoms with Crippen LogP contribution >= 0.6 is 23.2 Å². The van der Waals surface area contributed by atoms with E-state index in [0.717, 1.165) is 88.7 Å². The van der Waals surface area contributed by atoms with Crippen LogP contribution in [0.1, 0.15) is 105 Å². The van der Waals surface area contributed by atoms with Crippen LogP contribution in [0.5, 0.6) is 46.0 Å². The van der Waals surface area contributed by atoms with Gasteiger partial charge in [0, 0.05) is 122 Å². The topological polar surface area (TPSA) is 240 Å². The molecular weight excluding hydrogens is 1350 g/mol. The fourth-order valence-corrected chi connectivity index (χ4v) is 14.9. The molecule has 0 radical (unpaired) electrons. The highest BCUT2D eigenvalue weighted by atomic mass is 35.5. The summed E-state index contributed by atoms with van der Waals surface area (Å²) < 4.78 is 26.3. The number of methoxy groups -OCH3 is 2. The Bertz CT molecular complexity index is 5370. The van der Waals surface area contributed by atoms with Crippen molar-refractivity contribution in [2.24, 2.45) is 11.7 Å². The summed E-state index contributed by atoms with van der Waals surface area (Å²) in [6.07, 6.45) is 5.43. The summed E-state index contributed by atoms with van der Waals surface area (Å²) in [5, 5.41) is 50.5. The number of hydrogen-bond acceptors (Lipinski definition) is 13. The van der Waals surface area contributed by atoms with Gasteiger partial charge in [-0.25, -0.2) is 0 Å². The van der Waals surface area contributed by atoms with Gasteiger partial charge in [-0.15, -0.1) is 0 Å². The molecule has 0 spiro atoms. The normalized spacial score (nSPS) is 13.3. The molecule has 104 heavy (non-hydrogen) atoms. The number of esters is 1. The minimum Gasteiger partial charge on any atom is -0.508 e. The average molecular weight is 1430 g/mol. The number of phenols is 4. The number of aromatic nitrogens is 1. The number of pyridine rings is 1. The number of aromatic hydroxyl groups is 4. The molecule has 7 N–H and O–H groups in total. The van der Waals surface area contributed by atoms with Gasteiger partial charge in [-0.3, -0.25) is 24.2 Å². The van der Waals surface area contributed by atoms with E-state index in [4.69, 9.17) is 52.9 Å². The van der Waals surface area contributed by atoms with E-state index in [2.05, 4.69) is 11.4 Å². The van der Waals surface area contributed by atoms with Crippen molar-refractivity contribution < 1.29 is 58.6 Å². The van der Waals surface area contributed by atoms with Crippen LogP contribution < -0.4 is 30.0 Å². The molecule has 0 aliphatic heterocycles. The monoisotopic (exact) mass is 1420 g/mol. The van der Waals surface area contributed by atoms with Gasteiger partial charge in [0.05, 0.1) is 48.2 Å². The molecule has 0 saturated heterocycles. The van der Waals surface area contributed by atoms with Crippen molar-refractivity contribution in [2.75, 3.05) is 42.0 Å². The molecule has 18 heteroatoms. The van der Waals surface area contributed by atoms with Gasteiger partial charge >= 0.3 is 5.97 Å². The lowest BCUT2D eigenvalue weighted by Crippen LogP contribution is -2.23. The van der Waals surface area contributed by atoms with E-state index < -0.39 is 40.9 Å². The number of nitrogens with two attached hydrogens (primary N) is 1. The summed E-state index contributed by atoms with van der Waals surface area (Å²) in [7, 11) is 7.85. The van der Waals surface area contributed by atoms with E-state index in [1.165, 1.54) is 37.1 Å². The highest BCUT2D eigenvalue weighted by Crippen LogP contribution is 2.60. The first-order valence-electron chi connectivity index (χ1n) is 34.3. The molecule has 1 aromatic heterocycles. The lowest BCUT2D eigenvalue weighted by molar-refractivity contribution is -0.131. The van der Waals surface area contributed by atoms with Crippen LogP contribution in [0.3, 0.4) is 0 Å². The molecule has 16 nitrogen and oxygen atoms in total. The van der Waals surface area contributed by atoms with Crippen LogP contribution in [-0.2, 0) is 4.79 Å². The molecule has 0 unspecified atom stereocenters. The third kappa shape index (κ3) is 12.9. The molecule has 0 atom stereocenters. The number of phenolic OH excluding ortho intramolecular Hbond substituents is 3. The van der Waals surface area contributed by atoms with Crippen LogP contribution in [0.15, 0.2) is 176 Å². The van der Waals surface area contributed by atoms with Crippen molar-refractivity contribution in [1.82, 2.24) is 15.2 Å². The van der Waals surface area contributed by atoms with E-state index in [0.29, 0.717) is 85.4 Å². The van der Waals surface area contributed by atoms with Gasteiger partial charge in [-0.05, 0) is 157 Å². The first-order chi connectivity index (χ1) is 50.2. The number of ether oxygens (including phenoxy) is 4. The second-order valence-corrected chi connectivity index (χ2v) is 27.6. The summed E-state index contributed by atoms with van der Waals surface area (Å²) in [6.45, 7) is 3.63. The van der Waals surface area contributed by atoms with E-state index in [9.17, 15) is 39.6 Å². The lowest BCUT2D eigenvalue weighted by Gasteiger charge is -2.25. The fourth-order valence-electron chi connectivity index (χ4n) is 14.3. The maximum absolute atomic E-state index is 14.8. The van der Waals surface area contributed by atoms with Gasteiger partial charge in [0.25, 0.3) is 17.7 Å². The van der Waals surface area contributed by atoms with Gasteiger partial charge in [0.1, 0.15) is 46.0 Å². The minimum absolute atomic E-state index is 0.0365. The zero-order chi connectivity index (χ0) is 73.1. The van der Waals surface area contributed by atoms with E-state index >= 15 is 0 Å². The zero-order valence-corrected chi connectivity index (χ0v) is 59.7. The summed E-state index contributed by atoms with van der Waals surface area (Å²) >= 11 is 14.8. The third-order valence-corrected chi connectivity index (χ3v) is 20.4. The van der Waals surface area contributed by atoms with E-state index in [1.807, 2.05) is 73.7 Å². The highest BCUT2D eigenvalue weighted by molar-refractivity contribution is 6.37. The number of amides is 3. The number of nitrogens with zero attached hydrogens (tertiary/aromatic N) is 2. The number of benzene rings is 10. The molecule has 3 aliphatic carbocycles. The first kappa shape index (κ1) is 69.5. The maximum atomic E-state index is 14.8. The Morgan fingerprint density at radius 2 is 1.12 bits per heavy atom. The van der Waals surface area contributed by atoms with Crippen molar-refractivity contribution in [2.45, 2.75) is 64.2 Å². The van der Waals surface area contributed by atoms with Crippen molar-refractivity contribution in [3.05, 3.63) is 219 Å². The van der Waals surface area contributed by atoms with Gasteiger partial charge in [0.2, 0.25) is 0 Å². The fraction of sp³-hybridized carbons (Fsp3) is 0.198. The summed E-state index contributed by atoms with van der Waals surface area (Å²) in [5.74, 6) is -1.27. The zero-order valence-electron chi connectivity index (χ0n) is 58.2. The van der Waals surface area contributed by atoms with Gasteiger partial charge < -0.3 is 55.3 Å². The number of carbonyl (C=O) groups is 4. The summed E-state index contributed by atoms with van der Waals surface area (Å²) in [6, 6.07) is 51.7. The minimum atomic E-state index is -0.900. The second-order valence-electron chi connectivity index (χ2n) is 26.8. The number of carbonyl (C=O) groups excluding carboxylic acids is 4. The quantitative estimate of drug-likeness (QED) is 0.0290. The van der Waals surface area contributed by atoms with Crippen LogP contribution in [0.25, 0.3) is 111 Å². The molecular formula is C86H74Cl2N4O12. The van der Waals surface area contributed by atoms with E-state index in [-0.39, 0.29) is 72.5 Å². The molecule has 3 fully saturated rings. The molecule has 3 amide bonds. The molecule has 3 saturated carbocycles. The lowest BCUT2D eigenvalue weighted by atomic mass is 9.83. The molecule has 1 heterocycles. The molecule has 14 rings (SSSR count). The number of hydrogen-bond donors (Lipinski definition) is 6. The number of rotatable bonds is 21. The number of halogens is 2. The second kappa shape index (κ2) is 28.3. The number of nitrogens with one attached hydrogen (secondary N) is 1. The van der Waals surface area contributed by atoms with Crippen molar-refractivity contribution in [3.8, 4) is 157 Å². The standard InChI is InChI=1S/C86H74Cl2N4O12/c1-44-24-32-58(78(91-44)63-38-36-60(83(102-7)73(63)48-29-30-48)54-17-13-23-70(104-45(2)93)74(54)62-37-34-52(49-14-10-15-51(94)40-49)82(101-6)72(62)47-27-28-47)59-20-12-21-64(81(59)103-43-46-25-26-46)75-55(35-39-65(79(75)96)84(89)98)56-18-11-19-57(77(56)88)66-42-67(53-16-8-9-22-68(53)87)80(97)76(86(100)92(4)5)71(66)50-31-33-61(69(95)41-50)85(99)90-3/h8-24,31-42,46-48,94-97H,25-30,43H2,1-7H3,(H2,89,98)(H,90,99). The Balaban J connectivity index is 0.969. The first-order valence-corrected chi connectivity index (χ1v) is 35.1. The van der Waals surface area contributed by atoms with Crippen LogP contribution in [0.4, 0.5) is 0 Å². The van der Waals surface area contributed by atoms with E-state index in [1.54, 1.807) is 113 Å². The number of para-hydroxylation sites is 1.